The Morgan fingerprint density at radius 1 is 1.25 bits per heavy atom. The molecule has 1 unspecified atom stereocenters. The molecule has 0 aliphatic carbocycles. The molecular formula is C15H21ClN4. The second-order valence-corrected chi connectivity index (χ2v) is 6.14. The molecule has 0 bridgehead atoms. The first kappa shape index (κ1) is 13.7. The van der Waals surface area contributed by atoms with Crippen LogP contribution >= 0.6 is 11.6 Å². The van der Waals surface area contributed by atoms with Gasteiger partial charge in [-0.15, -0.1) is 0 Å². The van der Waals surface area contributed by atoms with Crippen molar-refractivity contribution in [2.45, 2.75) is 25.3 Å². The number of hydrogen-bond acceptors (Lipinski definition) is 3. The van der Waals surface area contributed by atoms with Gasteiger partial charge < -0.3 is 10.6 Å². The molecule has 5 heteroatoms. The van der Waals surface area contributed by atoms with Crippen LogP contribution in [0.5, 0.6) is 0 Å². The molecule has 2 aliphatic rings. The highest BCUT2D eigenvalue weighted by Crippen LogP contribution is 2.30. The third-order valence-corrected chi connectivity index (χ3v) is 4.65. The Kier molecular flexibility index (Phi) is 3.85. The fraction of sp³-hybridized carbons (Fsp3) is 0.533. The van der Waals surface area contributed by atoms with E-state index in [1.54, 1.807) is 6.07 Å². The molecular weight excluding hydrogens is 272 g/mol. The maximum atomic E-state index is 7.73. The smallest absolute Gasteiger partial charge is 0.124 e. The van der Waals surface area contributed by atoms with Crippen molar-refractivity contribution < 1.29 is 0 Å². The summed E-state index contributed by atoms with van der Waals surface area (Å²) in [4.78, 5) is 4.92. The van der Waals surface area contributed by atoms with Crippen molar-refractivity contribution >= 4 is 23.1 Å². The molecule has 20 heavy (non-hydrogen) atoms. The summed E-state index contributed by atoms with van der Waals surface area (Å²) in [6, 6.07) is 6.22. The molecule has 2 aliphatic heterocycles. The van der Waals surface area contributed by atoms with E-state index in [9.17, 15) is 0 Å². The Morgan fingerprint density at radius 2 is 2.00 bits per heavy atom. The van der Waals surface area contributed by atoms with Crippen molar-refractivity contribution in [1.82, 2.24) is 4.90 Å². The zero-order valence-electron chi connectivity index (χ0n) is 11.6. The molecule has 2 saturated heterocycles. The zero-order chi connectivity index (χ0) is 14.1. The Balaban J connectivity index is 1.80. The fourth-order valence-corrected chi connectivity index (χ4v) is 3.53. The van der Waals surface area contributed by atoms with Gasteiger partial charge in [0.25, 0.3) is 0 Å². The van der Waals surface area contributed by atoms with Gasteiger partial charge in [0, 0.05) is 35.4 Å². The normalized spacial score (nSPS) is 23.4. The lowest BCUT2D eigenvalue weighted by Gasteiger charge is -2.25. The molecule has 0 amide bonds. The topological polar surface area (TPSA) is 56.4 Å². The fourth-order valence-electron chi connectivity index (χ4n) is 3.36. The van der Waals surface area contributed by atoms with Gasteiger partial charge in [-0.1, -0.05) is 11.6 Å². The Bertz CT molecular complexity index is 511. The van der Waals surface area contributed by atoms with Gasteiger partial charge in [0.05, 0.1) is 0 Å². The number of halogens is 1. The molecule has 1 atom stereocenters. The summed E-state index contributed by atoms with van der Waals surface area (Å²) in [5.41, 5.74) is 7.49. The minimum absolute atomic E-state index is 0.112. The van der Waals surface area contributed by atoms with E-state index in [1.807, 2.05) is 12.1 Å². The van der Waals surface area contributed by atoms with Crippen molar-refractivity contribution in [2.24, 2.45) is 5.73 Å². The van der Waals surface area contributed by atoms with Gasteiger partial charge in [0.2, 0.25) is 0 Å². The predicted molar refractivity (Wildman–Crippen MR) is 83.9 cm³/mol. The van der Waals surface area contributed by atoms with Crippen LogP contribution < -0.4 is 10.6 Å². The van der Waals surface area contributed by atoms with Crippen LogP contribution in [0, 0.1) is 5.41 Å². The van der Waals surface area contributed by atoms with Gasteiger partial charge in [-0.25, -0.2) is 0 Å². The van der Waals surface area contributed by atoms with Crippen LogP contribution in [0.25, 0.3) is 0 Å². The van der Waals surface area contributed by atoms with Crippen LogP contribution in [-0.4, -0.2) is 43.0 Å². The summed E-state index contributed by atoms with van der Waals surface area (Å²) < 4.78 is 0. The first-order chi connectivity index (χ1) is 9.65. The molecule has 1 aromatic carbocycles. The van der Waals surface area contributed by atoms with Crippen LogP contribution in [0.3, 0.4) is 0 Å². The van der Waals surface area contributed by atoms with Crippen LogP contribution in [0.2, 0.25) is 5.02 Å². The summed E-state index contributed by atoms with van der Waals surface area (Å²) in [6.45, 7) is 4.49. The second-order valence-electron chi connectivity index (χ2n) is 5.71. The summed E-state index contributed by atoms with van der Waals surface area (Å²) in [5.74, 6) is 0.112. The molecule has 108 valence electrons. The molecule has 3 N–H and O–H groups in total. The molecule has 1 aromatic rings. The summed E-state index contributed by atoms with van der Waals surface area (Å²) in [7, 11) is 0. The highest BCUT2D eigenvalue weighted by Gasteiger charge is 2.30. The summed E-state index contributed by atoms with van der Waals surface area (Å²) >= 11 is 6.12. The third kappa shape index (κ3) is 2.63. The number of nitrogens with zero attached hydrogens (tertiary/aromatic N) is 2. The molecule has 3 rings (SSSR count). The SMILES string of the molecule is N=C(N)c1ccc(Cl)cc1N1CCC(N2CCCC2)C1. The summed E-state index contributed by atoms with van der Waals surface area (Å²) in [5, 5.41) is 8.43. The van der Waals surface area contributed by atoms with Crippen molar-refractivity contribution in [3.8, 4) is 0 Å². The molecule has 4 nitrogen and oxygen atoms in total. The van der Waals surface area contributed by atoms with E-state index >= 15 is 0 Å². The van der Waals surface area contributed by atoms with E-state index in [2.05, 4.69) is 9.80 Å². The van der Waals surface area contributed by atoms with Crippen LogP contribution in [0.4, 0.5) is 5.69 Å². The lowest BCUT2D eigenvalue weighted by atomic mass is 10.1. The number of amidine groups is 1. The molecule has 0 saturated carbocycles. The average molecular weight is 293 g/mol. The lowest BCUT2D eigenvalue weighted by Crippen LogP contribution is -2.35. The van der Waals surface area contributed by atoms with E-state index in [1.165, 1.54) is 32.4 Å². The van der Waals surface area contributed by atoms with Crippen molar-refractivity contribution in [2.75, 3.05) is 31.1 Å². The zero-order valence-corrected chi connectivity index (χ0v) is 12.4. The highest BCUT2D eigenvalue weighted by molar-refractivity contribution is 6.31. The number of hydrogen-bond donors (Lipinski definition) is 2. The van der Waals surface area contributed by atoms with E-state index in [0.717, 1.165) is 24.3 Å². The number of anilines is 1. The standard InChI is InChI=1S/C15H21ClN4/c16-11-3-4-13(15(17)18)14(9-11)20-8-5-12(10-20)19-6-1-2-7-19/h3-4,9,12H,1-2,5-8,10H2,(H3,17,18). The maximum absolute atomic E-state index is 7.73. The first-order valence-electron chi connectivity index (χ1n) is 7.28. The van der Waals surface area contributed by atoms with Gasteiger partial charge in [-0.2, -0.15) is 0 Å². The van der Waals surface area contributed by atoms with Gasteiger partial charge >= 0.3 is 0 Å². The number of rotatable bonds is 3. The van der Waals surface area contributed by atoms with Crippen LogP contribution in [0.1, 0.15) is 24.8 Å². The van der Waals surface area contributed by atoms with E-state index < -0.39 is 0 Å². The number of nitrogens with one attached hydrogen (secondary N) is 1. The Hall–Kier alpha value is -1.26. The Morgan fingerprint density at radius 3 is 2.70 bits per heavy atom. The lowest BCUT2D eigenvalue weighted by molar-refractivity contribution is 0.260. The number of benzene rings is 1. The van der Waals surface area contributed by atoms with E-state index in [4.69, 9.17) is 22.7 Å². The largest absolute Gasteiger partial charge is 0.384 e. The molecule has 0 radical (unpaired) electrons. The number of nitrogens with two attached hydrogens (primary N) is 1. The van der Waals surface area contributed by atoms with E-state index in [-0.39, 0.29) is 5.84 Å². The highest BCUT2D eigenvalue weighted by atomic mass is 35.5. The quantitative estimate of drug-likeness (QED) is 0.664. The van der Waals surface area contributed by atoms with Crippen molar-refractivity contribution in [3.63, 3.8) is 0 Å². The van der Waals surface area contributed by atoms with Gasteiger partial charge in [0.1, 0.15) is 5.84 Å². The van der Waals surface area contributed by atoms with Crippen molar-refractivity contribution in [3.05, 3.63) is 28.8 Å². The average Bonchev–Trinajstić information content (AvgIpc) is 3.09. The minimum atomic E-state index is 0.112. The minimum Gasteiger partial charge on any atom is -0.384 e. The predicted octanol–water partition coefficient (Wildman–Crippen LogP) is 2.30. The first-order valence-corrected chi connectivity index (χ1v) is 7.66. The van der Waals surface area contributed by atoms with Gasteiger partial charge in [-0.05, 0) is 50.6 Å². The van der Waals surface area contributed by atoms with E-state index in [0.29, 0.717) is 11.1 Å². The monoisotopic (exact) mass is 292 g/mol. The van der Waals surface area contributed by atoms with Crippen LogP contribution in [0.15, 0.2) is 18.2 Å². The summed E-state index contributed by atoms with van der Waals surface area (Å²) in [6.07, 6.45) is 3.84. The molecule has 0 aromatic heterocycles. The Labute approximate surface area is 125 Å². The maximum Gasteiger partial charge on any atom is 0.124 e. The number of nitrogen functional groups attached to an aromatic ring is 1. The van der Waals surface area contributed by atoms with Gasteiger partial charge in [0.15, 0.2) is 0 Å². The van der Waals surface area contributed by atoms with Crippen LogP contribution in [-0.2, 0) is 0 Å². The molecule has 2 heterocycles. The third-order valence-electron chi connectivity index (χ3n) is 4.41. The molecule has 2 fully saturated rings. The number of likely N-dealkylation sites (tertiary alicyclic amines) is 1. The second kappa shape index (κ2) is 5.62. The van der Waals surface area contributed by atoms with Gasteiger partial charge in [-0.3, -0.25) is 10.3 Å². The van der Waals surface area contributed by atoms with Crippen molar-refractivity contribution in [1.29, 1.82) is 5.41 Å². The molecule has 0 spiro atoms.